The number of nitrogens with zero attached hydrogens (tertiary/aromatic N) is 2. The van der Waals surface area contributed by atoms with Crippen LogP contribution < -0.4 is 10.8 Å². The van der Waals surface area contributed by atoms with Crippen LogP contribution in [0.3, 0.4) is 0 Å². The van der Waals surface area contributed by atoms with Crippen molar-refractivity contribution in [3.63, 3.8) is 0 Å². The van der Waals surface area contributed by atoms with Gasteiger partial charge >= 0.3 is 11.9 Å². The molecule has 8 heteroatoms. The van der Waals surface area contributed by atoms with Crippen LogP contribution in [0.25, 0.3) is 36.1 Å². The summed E-state index contributed by atoms with van der Waals surface area (Å²) < 4.78 is 11.3. The number of aromatic nitrogens is 2. The standard InChI is InChI=1S/C19H14N2O6/c1-19(18(24)25)8-6-12-14(7-9-19)27-16(21-12)15-20-11-4-2-10(17(22)23)3-5-13(11)26-15/h3-9H,2H2,1H3,(H,22,23)(H,24,25). The summed E-state index contributed by atoms with van der Waals surface area (Å²) in [6.45, 7) is 1.57. The van der Waals surface area contributed by atoms with Crippen molar-refractivity contribution in [1.82, 2.24) is 9.97 Å². The molecule has 2 aromatic heterocycles. The third-order valence-corrected chi connectivity index (χ3v) is 4.40. The number of rotatable bonds is 3. The molecule has 2 heterocycles. The van der Waals surface area contributed by atoms with Gasteiger partial charge < -0.3 is 19.0 Å². The highest BCUT2D eigenvalue weighted by Crippen LogP contribution is 2.30. The number of carboxylic acid groups (broad SMARTS) is 2. The monoisotopic (exact) mass is 366 g/mol. The van der Waals surface area contributed by atoms with Crippen molar-refractivity contribution >= 4 is 36.2 Å². The van der Waals surface area contributed by atoms with E-state index >= 15 is 0 Å². The fourth-order valence-electron chi connectivity index (χ4n) is 2.68. The molecule has 0 saturated heterocycles. The van der Waals surface area contributed by atoms with Crippen LogP contribution in [0.4, 0.5) is 0 Å². The summed E-state index contributed by atoms with van der Waals surface area (Å²) in [7, 11) is 0. The van der Waals surface area contributed by atoms with E-state index in [-0.39, 0.29) is 23.8 Å². The molecule has 0 spiro atoms. The summed E-state index contributed by atoms with van der Waals surface area (Å²) in [5.74, 6) is -1.24. The number of carboxylic acids is 2. The van der Waals surface area contributed by atoms with Gasteiger partial charge in [0.15, 0.2) is 11.2 Å². The Labute approximate surface area is 152 Å². The topological polar surface area (TPSA) is 127 Å². The zero-order valence-corrected chi connectivity index (χ0v) is 14.2. The molecule has 0 aromatic carbocycles. The molecule has 2 N–H and O–H groups in total. The Morgan fingerprint density at radius 3 is 2.56 bits per heavy atom. The quantitative estimate of drug-likeness (QED) is 0.835. The van der Waals surface area contributed by atoms with E-state index in [1.807, 2.05) is 0 Å². The summed E-state index contributed by atoms with van der Waals surface area (Å²) in [4.78, 5) is 31.1. The van der Waals surface area contributed by atoms with E-state index in [2.05, 4.69) is 9.97 Å². The van der Waals surface area contributed by atoms with E-state index in [4.69, 9.17) is 13.9 Å². The summed E-state index contributed by atoms with van der Waals surface area (Å²) in [5, 5.41) is 18.9. The number of fused-ring (bicyclic) bond motifs is 2. The first kappa shape index (κ1) is 16.8. The minimum Gasteiger partial charge on any atom is -0.480 e. The van der Waals surface area contributed by atoms with Gasteiger partial charge in [0.25, 0.3) is 11.8 Å². The maximum atomic E-state index is 11.4. The first-order valence-corrected chi connectivity index (χ1v) is 8.10. The molecule has 1 atom stereocenters. The maximum Gasteiger partial charge on any atom is 0.331 e. The van der Waals surface area contributed by atoms with Crippen LogP contribution in [-0.4, -0.2) is 32.1 Å². The predicted octanol–water partition coefficient (Wildman–Crippen LogP) is 1.44. The molecule has 4 rings (SSSR count). The molecule has 1 unspecified atom stereocenters. The van der Waals surface area contributed by atoms with E-state index < -0.39 is 17.4 Å². The predicted molar refractivity (Wildman–Crippen MR) is 94.3 cm³/mol. The van der Waals surface area contributed by atoms with E-state index in [0.29, 0.717) is 22.2 Å². The Hall–Kier alpha value is -3.68. The van der Waals surface area contributed by atoms with Crippen molar-refractivity contribution in [1.29, 1.82) is 0 Å². The Morgan fingerprint density at radius 2 is 1.81 bits per heavy atom. The second kappa shape index (κ2) is 5.94. The van der Waals surface area contributed by atoms with Crippen molar-refractivity contribution in [2.75, 3.05) is 0 Å². The number of allylic oxidation sites excluding steroid dienone is 1. The third kappa shape index (κ3) is 2.91. The lowest BCUT2D eigenvalue weighted by molar-refractivity contribution is -0.142. The number of hydrogen-bond acceptors (Lipinski definition) is 6. The molecular formula is C19H14N2O6. The lowest BCUT2D eigenvalue weighted by atomic mass is 9.90. The van der Waals surface area contributed by atoms with Gasteiger partial charge in [0.05, 0.1) is 0 Å². The molecule has 136 valence electrons. The van der Waals surface area contributed by atoms with Gasteiger partial charge in [0, 0.05) is 12.0 Å². The lowest BCUT2D eigenvalue weighted by Gasteiger charge is -2.13. The van der Waals surface area contributed by atoms with Crippen LogP contribution in [0.1, 0.15) is 24.8 Å². The average Bonchev–Trinajstić information content (AvgIpc) is 3.12. The number of carbonyl (C=O) groups is 2. The molecule has 2 aliphatic rings. The summed E-state index contributed by atoms with van der Waals surface area (Å²) >= 11 is 0. The van der Waals surface area contributed by atoms with E-state index in [1.165, 1.54) is 18.2 Å². The Morgan fingerprint density at radius 1 is 1.07 bits per heavy atom. The summed E-state index contributed by atoms with van der Waals surface area (Å²) in [5.41, 5.74) is -0.00829. The summed E-state index contributed by atoms with van der Waals surface area (Å²) in [6.07, 6.45) is 11.1. The number of hydrogen-bond donors (Lipinski definition) is 2. The van der Waals surface area contributed by atoms with Gasteiger partial charge in [-0.2, -0.15) is 0 Å². The molecule has 0 saturated carbocycles. The van der Waals surface area contributed by atoms with Gasteiger partial charge in [-0.05, 0) is 31.2 Å². The maximum absolute atomic E-state index is 11.4. The van der Waals surface area contributed by atoms with Gasteiger partial charge in [-0.25, -0.2) is 14.8 Å². The Bertz CT molecular complexity index is 1140. The zero-order chi connectivity index (χ0) is 19.2. The average molecular weight is 366 g/mol. The van der Waals surface area contributed by atoms with Crippen molar-refractivity contribution in [3.8, 4) is 11.8 Å². The fourth-order valence-corrected chi connectivity index (χ4v) is 2.68. The highest BCUT2D eigenvalue weighted by molar-refractivity contribution is 5.89. The second-order valence-corrected chi connectivity index (χ2v) is 6.36. The van der Waals surface area contributed by atoms with Gasteiger partial charge in [-0.1, -0.05) is 18.2 Å². The smallest absolute Gasteiger partial charge is 0.331 e. The molecule has 8 nitrogen and oxygen atoms in total. The van der Waals surface area contributed by atoms with Crippen molar-refractivity contribution in [3.05, 3.63) is 46.0 Å². The molecule has 0 aliphatic heterocycles. The molecule has 0 amide bonds. The molecular weight excluding hydrogens is 352 g/mol. The van der Waals surface area contributed by atoms with Gasteiger partial charge in [-0.3, -0.25) is 4.79 Å². The molecule has 0 fully saturated rings. The highest BCUT2D eigenvalue weighted by atomic mass is 16.4. The molecule has 2 aromatic rings. The third-order valence-electron chi connectivity index (χ3n) is 4.40. The molecule has 0 bridgehead atoms. The minimum absolute atomic E-state index is 0.158. The molecule has 0 radical (unpaired) electrons. The van der Waals surface area contributed by atoms with Crippen molar-refractivity contribution in [2.24, 2.45) is 5.41 Å². The fraction of sp³-hybridized carbons (Fsp3) is 0.158. The number of oxazole rings is 2. The lowest BCUT2D eigenvalue weighted by Crippen LogP contribution is -2.21. The van der Waals surface area contributed by atoms with E-state index in [9.17, 15) is 14.7 Å². The van der Waals surface area contributed by atoms with E-state index in [0.717, 1.165) is 0 Å². The van der Waals surface area contributed by atoms with Crippen molar-refractivity contribution < 1.29 is 28.6 Å². The molecule has 27 heavy (non-hydrogen) atoms. The van der Waals surface area contributed by atoms with Gasteiger partial charge in [-0.15, -0.1) is 0 Å². The first-order valence-electron chi connectivity index (χ1n) is 8.10. The van der Waals surface area contributed by atoms with Crippen LogP contribution in [0.15, 0.2) is 32.6 Å². The number of aliphatic carboxylic acids is 2. The molecule has 2 aliphatic carbocycles. The SMILES string of the molecule is CC1(C(=O)O)C=Cc2nc(-c3nc4c(o3)=CC=C(C(=O)O)CC=4)oc2C=C1. The van der Waals surface area contributed by atoms with Crippen LogP contribution in [0.5, 0.6) is 0 Å². The van der Waals surface area contributed by atoms with Gasteiger partial charge in [0.1, 0.15) is 16.5 Å². The highest BCUT2D eigenvalue weighted by Gasteiger charge is 2.29. The van der Waals surface area contributed by atoms with Crippen LogP contribution in [-0.2, 0) is 9.59 Å². The van der Waals surface area contributed by atoms with Crippen molar-refractivity contribution in [2.45, 2.75) is 13.3 Å². The Kier molecular flexibility index (Phi) is 3.69. The van der Waals surface area contributed by atoms with E-state index in [1.54, 1.807) is 31.2 Å². The minimum atomic E-state index is -1.14. The van der Waals surface area contributed by atoms with Crippen LogP contribution >= 0.6 is 0 Å². The van der Waals surface area contributed by atoms with Crippen LogP contribution in [0, 0.1) is 5.41 Å². The largest absolute Gasteiger partial charge is 0.480 e. The van der Waals surface area contributed by atoms with Crippen LogP contribution in [0.2, 0.25) is 0 Å². The second-order valence-electron chi connectivity index (χ2n) is 6.36. The zero-order valence-electron chi connectivity index (χ0n) is 14.2. The summed E-state index contributed by atoms with van der Waals surface area (Å²) in [6, 6.07) is 0. The van der Waals surface area contributed by atoms with Gasteiger partial charge in [0.2, 0.25) is 0 Å². The Balaban J connectivity index is 1.72. The normalized spacial score (nSPS) is 20.4. The first-order chi connectivity index (χ1) is 12.9.